The molecule has 6 nitrogen and oxygen atoms in total. The van der Waals surface area contributed by atoms with E-state index in [9.17, 15) is 4.79 Å². The Labute approximate surface area is 151 Å². The molecule has 134 valence electrons. The number of amides is 1. The molecule has 0 bridgehead atoms. The predicted molar refractivity (Wildman–Crippen MR) is 98.6 cm³/mol. The number of fused-ring (bicyclic) bond motifs is 4. The lowest BCUT2D eigenvalue weighted by Crippen LogP contribution is -2.31. The van der Waals surface area contributed by atoms with Crippen molar-refractivity contribution in [2.45, 2.75) is 44.6 Å². The maximum atomic E-state index is 12.8. The Hall–Kier alpha value is -2.76. The van der Waals surface area contributed by atoms with Crippen LogP contribution in [0.4, 0.5) is 0 Å². The molecule has 1 aromatic carbocycles. The number of aromatic amines is 2. The van der Waals surface area contributed by atoms with Gasteiger partial charge in [-0.15, -0.1) is 0 Å². The number of hydrogen-bond donors (Lipinski definition) is 3. The Balaban J connectivity index is 1.47. The minimum absolute atomic E-state index is 0.00148. The second-order valence-corrected chi connectivity index (χ2v) is 7.23. The summed E-state index contributed by atoms with van der Waals surface area (Å²) in [4.78, 5) is 16.4. The van der Waals surface area contributed by atoms with E-state index < -0.39 is 0 Å². The van der Waals surface area contributed by atoms with Gasteiger partial charge in [0.2, 0.25) is 0 Å². The van der Waals surface area contributed by atoms with E-state index in [-0.39, 0.29) is 11.9 Å². The number of aryl methyl sites for hydroxylation is 2. The molecule has 0 saturated heterocycles. The van der Waals surface area contributed by atoms with Crippen molar-refractivity contribution in [3.63, 3.8) is 0 Å². The van der Waals surface area contributed by atoms with Crippen LogP contribution in [0.1, 0.15) is 58.3 Å². The van der Waals surface area contributed by atoms with Crippen molar-refractivity contribution in [2.75, 3.05) is 7.11 Å². The van der Waals surface area contributed by atoms with E-state index in [1.807, 2.05) is 12.1 Å². The Bertz CT molecular complexity index is 1000. The zero-order valence-electron chi connectivity index (χ0n) is 14.8. The molecule has 1 amide bonds. The molecule has 2 aliphatic carbocycles. The first kappa shape index (κ1) is 15.5. The fourth-order valence-electron chi connectivity index (χ4n) is 4.45. The molecular formula is C20H22N4O2. The molecule has 3 aromatic rings. The number of aromatic nitrogens is 3. The summed E-state index contributed by atoms with van der Waals surface area (Å²) in [5, 5.41) is 11.7. The molecule has 0 aliphatic heterocycles. The minimum Gasteiger partial charge on any atom is -0.497 e. The van der Waals surface area contributed by atoms with Crippen molar-refractivity contribution < 1.29 is 9.53 Å². The number of benzene rings is 1. The number of carbonyl (C=O) groups excluding carboxylic acids is 1. The number of hydrogen-bond acceptors (Lipinski definition) is 3. The van der Waals surface area contributed by atoms with Gasteiger partial charge in [-0.1, -0.05) is 0 Å². The average molecular weight is 350 g/mol. The van der Waals surface area contributed by atoms with Crippen LogP contribution in [0.15, 0.2) is 18.2 Å². The second-order valence-electron chi connectivity index (χ2n) is 7.23. The quantitative estimate of drug-likeness (QED) is 0.678. The maximum absolute atomic E-state index is 12.8. The highest BCUT2D eigenvalue weighted by Gasteiger charge is 2.29. The van der Waals surface area contributed by atoms with Gasteiger partial charge >= 0.3 is 0 Å². The largest absolute Gasteiger partial charge is 0.497 e. The number of methoxy groups -OCH3 is 1. The molecule has 0 fully saturated rings. The van der Waals surface area contributed by atoms with Crippen LogP contribution in [0.5, 0.6) is 5.75 Å². The van der Waals surface area contributed by atoms with Crippen molar-refractivity contribution in [2.24, 2.45) is 0 Å². The van der Waals surface area contributed by atoms with Gasteiger partial charge in [0.05, 0.1) is 13.2 Å². The molecule has 2 heterocycles. The molecule has 0 unspecified atom stereocenters. The van der Waals surface area contributed by atoms with Crippen molar-refractivity contribution >= 4 is 16.8 Å². The molecule has 26 heavy (non-hydrogen) atoms. The van der Waals surface area contributed by atoms with Gasteiger partial charge in [-0.2, -0.15) is 5.10 Å². The van der Waals surface area contributed by atoms with E-state index >= 15 is 0 Å². The highest BCUT2D eigenvalue weighted by Crippen LogP contribution is 2.36. The van der Waals surface area contributed by atoms with Gasteiger partial charge in [0, 0.05) is 27.9 Å². The highest BCUT2D eigenvalue weighted by atomic mass is 16.5. The SMILES string of the molecule is COc1ccc2[nH]c3c(c2c1)CCC[C@@H]3NC(=O)c1n[nH]c2c1CCC2. The molecule has 0 saturated carbocycles. The van der Waals surface area contributed by atoms with Crippen LogP contribution in [0, 0.1) is 0 Å². The number of nitrogens with one attached hydrogen (secondary N) is 3. The summed E-state index contributed by atoms with van der Waals surface area (Å²) < 4.78 is 5.37. The van der Waals surface area contributed by atoms with E-state index in [1.54, 1.807) is 7.11 Å². The molecule has 3 N–H and O–H groups in total. The third-order valence-corrected chi connectivity index (χ3v) is 5.74. The van der Waals surface area contributed by atoms with E-state index in [0.717, 1.165) is 66.7 Å². The molecule has 6 heteroatoms. The molecule has 0 spiro atoms. The van der Waals surface area contributed by atoms with E-state index in [2.05, 4.69) is 26.6 Å². The van der Waals surface area contributed by atoms with Gasteiger partial charge in [0.25, 0.3) is 5.91 Å². The lowest BCUT2D eigenvalue weighted by Gasteiger charge is -2.23. The van der Waals surface area contributed by atoms with Gasteiger partial charge in [-0.05, 0) is 62.3 Å². The summed E-state index contributed by atoms with van der Waals surface area (Å²) in [6.45, 7) is 0. The zero-order chi connectivity index (χ0) is 17.7. The fourth-order valence-corrected chi connectivity index (χ4v) is 4.45. The van der Waals surface area contributed by atoms with E-state index in [1.165, 1.54) is 10.9 Å². The maximum Gasteiger partial charge on any atom is 0.272 e. The van der Waals surface area contributed by atoms with Crippen molar-refractivity contribution in [1.29, 1.82) is 0 Å². The van der Waals surface area contributed by atoms with Crippen LogP contribution >= 0.6 is 0 Å². The number of rotatable bonds is 3. The number of carbonyl (C=O) groups is 1. The molecule has 2 aromatic heterocycles. The van der Waals surface area contributed by atoms with E-state index in [4.69, 9.17) is 4.74 Å². The first-order valence-electron chi connectivity index (χ1n) is 9.30. The van der Waals surface area contributed by atoms with Crippen LogP contribution < -0.4 is 10.1 Å². The Morgan fingerprint density at radius 3 is 3.00 bits per heavy atom. The monoisotopic (exact) mass is 350 g/mol. The van der Waals surface area contributed by atoms with Gasteiger partial charge in [-0.3, -0.25) is 9.89 Å². The highest BCUT2D eigenvalue weighted by molar-refractivity contribution is 5.94. The first-order chi connectivity index (χ1) is 12.7. The molecule has 5 rings (SSSR count). The number of nitrogens with zero attached hydrogens (tertiary/aromatic N) is 1. The predicted octanol–water partition coefficient (Wildman–Crippen LogP) is 3.20. The summed E-state index contributed by atoms with van der Waals surface area (Å²) in [6.07, 6.45) is 6.05. The van der Waals surface area contributed by atoms with Crippen LogP contribution in [-0.4, -0.2) is 28.2 Å². The Morgan fingerprint density at radius 1 is 1.23 bits per heavy atom. The smallest absolute Gasteiger partial charge is 0.272 e. The Kier molecular flexibility index (Phi) is 3.51. The van der Waals surface area contributed by atoms with Crippen molar-refractivity contribution in [3.8, 4) is 5.75 Å². The summed E-state index contributed by atoms with van der Waals surface area (Å²) in [7, 11) is 1.69. The lowest BCUT2D eigenvalue weighted by atomic mass is 9.91. The summed E-state index contributed by atoms with van der Waals surface area (Å²) in [5.74, 6) is 0.788. The van der Waals surface area contributed by atoms with Crippen LogP contribution in [-0.2, 0) is 19.3 Å². The average Bonchev–Trinajstić information content (AvgIpc) is 3.35. The fraction of sp³-hybridized carbons (Fsp3) is 0.400. The zero-order valence-corrected chi connectivity index (χ0v) is 14.8. The van der Waals surface area contributed by atoms with Gasteiger partial charge in [-0.25, -0.2) is 0 Å². The number of H-pyrrole nitrogens is 2. The van der Waals surface area contributed by atoms with Crippen LogP contribution in [0.2, 0.25) is 0 Å². The van der Waals surface area contributed by atoms with Crippen LogP contribution in [0.3, 0.4) is 0 Å². The third kappa shape index (κ3) is 2.32. The molecule has 0 radical (unpaired) electrons. The number of ether oxygens (including phenoxy) is 1. The lowest BCUT2D eigenvalue weighted by molar-refractivity contribution is 0.0926. The van der Waals surface area contributed by atoms with Gasteiger partial charge in [0.15, 0.2) is 5.69 Å². The normalized spacial score (nSPS) is 18.6. The third-order valence-electron chi connectivity index (χ3n) is 5.74. The second kappa shape index (κ2) is 5.90. The van der Waals surface area contributed by atoms with Gasteiger partial charge in [0.1, 0.15) is 5.75 Å². The topological polar surface area (TPSA) is 82.8 Å². The minimum atomic E-state index is -0.0708. The van der Waals surface area contributed by atoms with E-state index in [0.29, 0.717) is 5.69 Å². The summed E-state index contributed by atoms with van der Waals surface area (Å²) in [6, 6.07) is 6.09. The Morgan fingerprint density at radius 2 is 2.12 bits per heavy atom. The molecule has 2 aliphatic rings. The summed E-state index contributed by atoms with van der Waals surface area (Å²) >= 11 is 0. The van der Waals surface area contributed by atoms with Crippen molar-refractivity contribution in [3.05, 3.63) is 46.4 Å². The van der Waals surface area contributed by atoms with Crippen molar-refractivity contribution in [1.82, 2.24) is 20.5 Å². The van der Waals surface area contributed by atoms with Gasteiger partial charge < -0.3 is 15.0 Å². The molecular weight excluding hydrogens is 328 g/mol. The first-order valence-corrected chi connectivity index (χ1v) is 9.30. The molecule has 1 atom stereocenters. The standard InChI is InChI=1S/C20H22N4O2/c1-26-11-8-9-15-14(10-11)12-4-2-7-17(18(12)21-15)22-20(25)19-13-5-3-6-16(13)23-24-19/h8-10,17,21H,2-7H2,1H3,(H,22,25)(H,23,24)/t17-/m0/s1. The van der Waals surface area contributed by atoms with Crippen LogP contribution in [0.25, 0.3) is 10.9 Å². The summed E-state index contributed by atoms with van der Waals surface area (Å²) in [5.41, 5.74) is 6.31.